The normalized spacial score (nSPS) is 11.2. The number of benzene rings is 2. The number of sulfonamides is 1. The number of hydrogen-bond donors (Lipinski definition) is 1. The van der Waals surface area contributed by atoms with Gasteiger partial charge in [-0.3, -0.25) is 4.79 Å². The molecular weight excluding hydrogens is 458 g/mol. The van der Waals surface area contributed by atoms with E-state index in [1.807, 2.05) is 12.1 Å². The fourth-order valence-electron chi connectivity index (χ4n) is 2.57. The van der Waals surface area contributed by atoms with Crippen LogP contribution in [0.2, 0.25) is 0 Å². The summed E-state index contributed by atoms with van der Waals surface area (Å²) >= 11 is 3.33. The monoisotopic (exact) mass is 473 g/mol. The summed E-state index contributed by atoms with van der Waals surface area (Å²) in [7, 11) is -2.55. The van der Waals surface area contributed by atoms with E-state index in [0.717, 1.165) is 8.78 Å². The number of halogens is 1. The van der Waals surface area contributed by atoms with Gasteiger partial charge in [0.15, 0.2) is 0 Å². The Balaban J connectivity index is 1.75. The van der Waals surface area contributed by atoms with Gasteiger partial charge in [-0.2, -0.15) is 14.7 Å². The van der Waals surface area contributed by atoms with Crippen molar-refractivity contribution < 1.29 is 13.2 Å². The van der Waals surface area contributed by atoms with Crippen LogP contribution in [0.15, 0.2) is 70.3 Å². The maximum Gasteiger partial charge on any atom is 0.243 e. The molecule has 2 aromatic carbocycles. The number of rotatable bonds is 6. The van der Waals surface area contributed by atoms with Crippen LogP contribution in [0.1, 0.15) is 5.56 Å². The quantitative estimate of drug-likeness (QED) is 0.591. The van der Waals surface area contributed by atoms with Crippen molar-refractivity contribution in [2.75, 3.05) is 18.9 Å². The first-order chi connectivity index (χ1) is 13.8. The van der Waals surface area contributed by atoms with Crippen LogP contribution >= 0.6 is 15.9 Å². The second-order valence-corrected chi connectivity index (χ2v) is 9.03. The third kappa shape index (κ3) is 4.71. The Morgan fingerprint density at radius 1 is 1.24 bits per heavy atom. The van der Waals surface area contributed by atoms with E-state index in [1.165, 1.54) is 31.3 Å². The van der Waals surface area contributed by atoms with Crippen LogP contribution in [0.5, 0.6) is 0 Å². The van der Waals surface area contributed by atoms with Crippen LogP contribution in [-0.4, -0.2) is 42.0 Å². The average molecular weight is 474 g/mol. The van der Waals surface area contributed by atoms with E-state index >= 15 is 0 Å². The van der Waals surface area contributed by atoms with Gasteiger partial charge in [-0.15, -0.1) is 0 Å². The minimum absolute atomic E-state index is 0.00796. The number of nitrogens with zero attached hydrogens (tertiary/aromatic N) is 4. The van der Waals surface area contributed by atoms with Crippen molar-refractivity contribution in [1.82, 2.24) is 14.1 Å². The third-order valence-electron chi connectivity index (χ3n) is 4.03. The SMILES string of the molecule is CN(CC(=O)Nc1ccccc1-n1cc(Br)cn1)S(=O)(=O)c1ccc(C#N)cc1. The highest BCUT2D eigenvalue weighted by Gasteiger charge is 2.23. The standard InChI is InChI=1S/C19H16BrN5O3S/c1-24(29(27,28)16-8-6-14(10-21)7-9-16)13-19(26)23-17-4-2-3-5-18(17)25-12-15(20)11-22-25/h2-9,11-12H,13H2,1H3,(H,23,26). The van der Waals surface area contributed by atoms with Crippen molar-refractivity contribution in [1.29, 1.82) is 5.26 Å². The molecule has 3 aromatic rings. The number of carbonyl (C=O) groups is 1. The fraction of sp³-hybridized carbons (Fsp3) is 0.105. The molecule has 0 unspecified atom stereocenters. The van der Waals surface area contributed by atoms with Crippen LogP contribution in [0.4, 0.5) is 5.69 Å². The summed E-state index contributed by atoms with van der Waals surface area (Å²) in [6.45, 7) is -0.376. The number of carbonyl (C=O) groups excluding carboxylic acids is 1. The van der Waals surface area contributed by atoms with Crippen molar-refractivity contribution in [3.05, 3.63) is 71.0 Å². The maximum atomic E-state index is 12.7. The highest BCUT2D eigenvalue weighted by molar-refractivity contribution is 9.10. The van der Waals surface area contributed by atoms with Gasteiger partial charge in [0, 0.05) is 13.2 Å². The van der Waals surface area contributed by atoms with Crippen molar-refractivity contribution in [3.8, 4) is 11.8 Å². The van der Waals surface area contributed by atoms with Crippen molar-refractivity contribution >= 4 is 37.5 Å². The molecule has 1 aromatic heterocycles. The van der Waals surface area contributed by atoms with Crippen molar-refractivity contribution in [3.63, 3.8) is 0 Å². The predicted molar refractivity (Wildman–Crippen MR) is 111 cm³/mol. The van der Waals surface area contributed by atoms with Gasteiger partial charge in [0.05, 0.1) is 45.1 Å². The molecule has 0 bridgehead atoms. The van der Waals surface area contributed by atoms with Crippen molar-refractivity contribution in [2.24, 2.45) is 0 Å². The molecule has 0 fully saturated rings. The molecule has 0 aliphatic rings. The maximum absolute atomic E-state index is 12.7. The topological polar surface area (TPSA) is 108 Å². The van der Waals surface area contributed by atoms with Crippen LogP contribution < -0.4 is 5.32 Å². The zero-order valence-corrected chi connectivity index (χ0v) is 17.7. The number of hydrogen-bond acceptors (Lipinski definition) is 5. The number of aromatic nitrogens is 2. The first-order valence-electron chi connectivity index (χ1n) is 8.37. The second-order valence-electron chi connectivity index (χ2n) is 6.07. The van der Waals surface area contributed by atoms with Crippen LogP contribution in [0.25, 0.3) is 5.69 Å². The summed E-state index contributed by atoms with van der Waals surface area (Å²) in [5, 5.41) is 15.8. The third-order valence-corrected chi connectivity index (χ3v) is 6.26. The summed E-state index contributed by atoms with van der Waals surface area (Å²) in [5.41, 5.74) is 1.49. The highest BCUT2D eigenvalue weighted by atomic mass is 79.9. The number of amides is 1. The number of nitrogens with one attached hydrogen (secondary N) is 1. The number of likely N-dealkylation sites (N-methyl/N-ethyl adjacent to an activating group) is 1. The minimum atomic E-state index is -3.87. The molecule has 0 atom stereocenters. The highest BCUT2D eigenvalue weighted by Crippen LogP contribution is 2.21. The molecule has 8 nitrogen and oxygen atoms in total. The van der Waals surface area contributed by atoms with Gasteiger partial charge in [0.25, 0.3) is 0 Å². The smallest absolute Gasteiger partial charge is 0.243 e. The lowest BCUT2D eigenvalue weighted by Gasteiger charge is -2.18. The van der Waals surface area contributed by atoms with E-state index in [4.69, 9.17) is 5.26 Å². The van der Waals surface area contributed by atoms with Gasteiger partial charge in [-0.1, -0.05) is 12.1 Å². The molecule has 0 saturated heterocycles. The molecule has 0 aliphatic heterocycles. The summed E-state index contributed by atoms with van der Waals surface area (Å²) < 4.78 is 28.6. The Morgan fingerprint density at radius 2 is 1.93 bits per heavy atom. The summed E-state index contributed by atoms with van der Waals surface area (Å²) in [4.78, 5) is 12.5. The van der Waals surface area contributed by atoms with E-state index in [2.05, 4.69) is 26.3 Å². The number of nitriles is 1. The minimum Gasteiger partial charge on any atom is -0.323 e. The zero-order valence-electron chi connectivity index (χ0n) is 15.3. The zero-order chi connectivity index (χ0) is 21.0. The lowest BCUT2D eigenvalue weighted by molar-refractivity contribution is -0.116. The lowest BCUT2D eigenvalue weighted by atomic mass is 10.2. The van der Waals surface area contributed by atoms with Gasteiger partial charge >= 0.3 is 0 Å². The van der Waals surface area contributed by atoms with Gasteiger partial charge in [-0.25, -0.2) is 13.1 Å². The molecule has 0 radical (unpaired) electrons. The molecule has 29 heavy (non-hydrogen) atoms. The summed E-state index contributed by atoms with van der Waals surface area (Å²) in [5.74, 6) is -0.497. The Labute approximate surface area is 176 Å². The van der Waals surface area contributed by atoms with Crippen LogP contribution in [0.3, 0.4) is 0 Å². The molecule has 1 heterocycles. The first-order valence-corrected chi connectivity index (χ1v) is 10.6. The van der Waals surface area contributed by atoms with Gasteiger partial charge in [0.1, 0.15) is 0 Å². The molecule has 0 spiro atoms. The Morgan fingerprint density at radius 3 is 2.55 bits per heavy atom. The van der Waals surface area contributed by atoms with E-state index < -0.39 is 15.9 Å². The van der Waals surface area contributed by atoms with Crippen molar-refractivity contribution in [2.45, 2.75) is 4.90 Å². The van der Waals surface area contributed by atoms with E-state index in [-0.39, 0.29) is 11.4 Å². The fourth-order valence-corrected chi connectivity index (χ4v) is 3.98. The number of para-hydroxylation sites is 2. The molecular formula is C19H16BrN5O3S. The Hall–Kier alpha value is -3.00. The number of anilines is 1. The molecule has 1 amide bonds. The van der Waals surface area contributed by atoms with E-state index in [1.54, 1.807) is 35.3 Å². The van der Waals surface area contributed by atoms with Gasteiger partial charge in [-0.05, 0) is 52.3 Å². The van der Waals surface area contributed by atoms with Crippen LogP contribution in [-0.2, 0) is 14.8 Å². The molecule has 0 saturated carbocycles. The molecule has 10 heteroatoms. The second kappa shape index (κ2) is 8.57. The molecule has 0 aliphatic carbocycles. The largest absolute Gasteiger partial charge is 0.323 e. The molecule has 1 N–H and O–H groups in total. The first kappa shape index (κ1) is 20.7. The lowest BCUT2D eigenvalue weighted by Crippen LogP contribution is -2.35. The van der Waals surface area contributed by atoms with E-state index in [0.29, 0.717) is 16.9 Å². The molecule has 148 valence electrons. The summed E-state index contributed by atoms with van der Waals surface area (Å²) in [6, 6.07) is 14.5. The predicted octanol–water partition coefficient (Wildman–Crippen LogP) is 2.77. The van der Waals surface area contributed by atoms with Crippen LogP contribution in [0, 0.1) is 11.3 Å². The average Bonchev–Trinajstić information content (AvgIpc) is 3.14. The van der Waals surface area contributed by atoms with Gasteiger partial charge in [0.2, 0.25) is 15.9 Å². The Bertz CT molecular complexity index is 1180. The van der Waals surface area contributed by atoms with Gasteiger partial charge < -0.3 is 5.32 Å². The summed E-state index contributed by atoms with van der Waals surface area (Å²) in [6.07, 6.45) is 3.36. The molecule has 3 rings (SSSR count). The van der Waals surface area contributed by atoms with E-state index in [9.17, 15) is 13.2 Å². The Kier molecular flexibility index (Phi) is 6.12.